The summed E-state index contributed by atoms with van der Waals surface area (Å²) in [5.41, 5.74) is 0.673. The van der Waals surface area contributed by atoms with Crippen molar-refractivity contribution in [2.24, 2.45) is 0 Å². The summed E-state index contributed by atoms with van der Waals surface area (Å²) < 4.78 is 48.6. The van der Waals surface area contributed by atoms with Crippen LogP contribution in [0, 0.1) is 0 Å². The van der Waals surface area contributed by atoms with Gasteiger partial charge in [-0.1, -0.05) is 18.2 Å². The third-order valence-corrected chi connectivity index (χ3v) is 3.80. The van der Waals surface area contributed by atoms with Gasteiger partial charge in [0.15, 0.2) is 0 Å². The van der Waals surface area contributed by atoms with Crippen LogP contribution in [0.4, 0.5) is 13.2 Å². The largest absolute Gasteiger partial charge is 0.465 e. The van der Waals surface area contributed by atoms with Crippen molar-refractivity contribution in [1.82, 2.24) is 4.98 Å². The molecule has 4 nitrogen and oxygen atoms in total. The Morgan fingerprint density at radius 3 is 2.33 bits per heavy atom. The van der Waals surface area contributed by atoms with Crippen LogP contribution in [0.5, 0.6) is 0 Å². The molecule has 2 heterocycles. The first-order valence-electron chi connectivity index (χ1n) is 7.86. The van der Waals surface area contributed by atoms with E-state index in [1.54, 1.807) is 36.7 Å². The number of halogens is 3. The lowest BCUT2D eigenvalue weighted by atomic mass is 10.1. The van der Waals surface area contributed by atoms with Gasteiger partial charge in [-0.3, -0.25) is 4.98 Å². The average molecular weight is 373 g/mol. The molecule has 0 aliphatic carbocycles. The third kappa shape index (κ3) is 4.25. The Balaban J connectivity index is 1.96. The van der Waals surface area contributed by atoms with E-state index in [0.29, 0.717) is 5.56 Å². The number of furan rings is 1. The second kappa shape index (κ2) is 7.49. The topological polar surface area (TPSA) is 52.3 Å². The summed E-state index contributed by atoms with van der Waals surface area (Å²) in [4.78, 5) is 15.9. The lowest BCUT2D eigenvalue weighted by molar-refractivity contribution is -0.137. The zero-order chi connectivity index (χ0) is 19.4. The first-order valence-corrected chi connectivity index (χ1v) is 7.86. The molecule has 0 spiro atoms. The summed E-state index contributed by atoms with van der Waals surface area (Å²) in [6.45, 7) is 0. The van der Waals surface area contributed by atoms with Crippen LogP contribution in [0.2, 0.25) is 0 Å². The lowest BCUT2D eigenvalue weighted by Gasteiger charge is -2.06. The molecular weight excluding hydrogens is 359 g/mol. The van der Waals surface area contributed by atoms with Gasteiger partial charge in [0.1, 0.15) is 17.1 Å². The van der Waals surface area contributed by atoms with Crippen molar-refractivity contribution in [2.45, 2.75) is 6.18 Å². The highest BCUT2D eigenvalue weighted by molar-refractivity contribution is 5.95. The van der Waals surface area contributed by atoms with E-state index in [1.807, 2.05) is 0 Å². The number of aromatic nitrogens is 1. The van der Waals surface area contributed by atoms with E-state index in [1.165, 1.54) is 25.3 Å². The van der Waals surface area contributed by atoms with E-state index in [4.69, 9.17) is 9.15 Å². The normalized spacial score (nSPS) is 11.7. The second-order valence-corrected chi connectivity index (χ2v) is 5.57. The van der Waals surface area contributed by atoms with Gasteiger partial charge in [0.25, 0.3) is 0 Å². The molecule has 1 aromatic carbocycles. The van der Waals surface area contributed by atoms with Gasteiger partial charge in [0, 0.05) is 18.0 Å². The molecule has 0 amide bonds. The smallest absolute Gasteiger partial charge is 0.416 e. The molecule has 7 heteroatoms. The molecule has 3 aromatic rings. The molecule has 138 valence electrons. The van der Waals surface area contributed by atoms with Crippen LogP contribution in [-0.4, -0.2) is 18.1 Å². The molecule has 0 saturated heterocycles. The van der Waals surface area contributed by atoms with Crippen molar-refractivity contribution in [3.8, 4) is 11.3 Å². The zero-order valence-corrected chi connectivity index (χ0v) is 14.2. The van der Waals surface area contributed by atoms with E-state index < -0.39 is 17.7 Å². The number of rotatable bonds is 4. The van der Waals surface area contributed by atoms with Crippen molar-refractivity contribution < 1.29 is 27.1 Å². The van der Waals surface area contributed by atoms with E-state index in [9.17, 15) is 18.0 Å². The Morgan fingerprint density at radius 1 is 1.07 bits per heavy atom. The SMILES string of the molecule is COC(=O)c1cc(-c2ccc(C(F)(F)F)cc2)oc1C=Cc1ccncc1. The molecule has 0 fully saturated rings. The Labute approximate surface area is 152 Å². The minimum atomic E-state index is -4.42. The number of hydrogen-bond acceptors (Lipinski definition) is 4. The van der Waals surface area contributed by atoms with E-state index >= 15 is 0 Å². The van der Waals surface area contributed by atoms with Gasteiger partial charge in [-0.2, -0.15) is 13.2 Å². The number of pyridine rings is 1. The van der Waals surface area contributed by atoms with Gasteiger partial charge in [-0.25, -0.2) is 4.79 Å². The number of ether oxygens (including phenoxy) is 1. The number of carbonyl (C=O) groups excluding carboxylic acids is 1. The van der Waals surface area contributed by atoms with Crippen LogP contribution < -0.4 is 0 Å². The predicted molar refractivity (Wildman–Crippen MR) is 93.7 cm³/mol. The molecule has 0 aliphatic rings. The number of esters is 1. The highest BCUT2D eigenvalue weighted by Gasteiger charge is 2.30. The third-order valence-electron chi connectivity index (χ3n) is 3.80. The number of methoxy groups -OCH3 is 1. The van der Waals surface area contributed by atoms with E-state index in [0.717, 1.165) is 17.7 Å². The number of hydrogen-bond donors (Lipinski definition) is 0. The highest BCUT2D eigenvalue weighted by atomic mass is 19.4. The standard InChI is InChI=1S/C20H14F3NO3/c1-26-19(25)16-12-18(14-3-5-15(6-4-14)20(21,22)23)27-17(16)7-2-13-8-10-24-11-9-13/h2-12H,1H3. The maximum absolute atomic E-state index is 12.7. The average Bonchev–Trinajstić information content (AvgIpc) is 3.10. The molecule has 0 bridgehead atoms. The molecule has 27 heavy (non-hydrogen) atoms. The van der Waals surface area contributed by atoms with Crippen molar-refractivity contribution in [3.05, 3.63) is 77.3 Å². The number of nitrogens with zero attached hydrogens (tertiary/aromatic N) is 1. The highest BCUT2D eigenvalue weighted by Crippen LogP contribution is 2.32. The Morgan fingerprint density at radius 2 is 1.74 bits per heavy atom. The summed E-state index contributed by atoms with van der Waals surface area (Å²) in [5, 5.41) is 0. The van der Waals surface area contributed by atoms with Crippen molar-refractivity contribution in [3.63, 3.8) is 0 Å². The van der Waals surface area contributed by atoms with Crippen LogP contribution in [0.3, 0.4) is 0 Å². The van der Waals surface area contributed by atoms with Crippen LogP contribution >= 0.6 is 0 Å². The minimum Gasteiger partial charge on any atom is -0.465 e. The van der Waals surface area contributed by atoms with Gasteiger partial charge < -0.3 is 9.15 Å². The Kier molecular flexibility index (Phi) is 5.12. The Bertz CT molecular complexity index is 958. The summed E-state index contributed by atoms with van der Waals surface area (Å²) in [7, 11) is 1.24. The monoisotopic (exact) mass is 373 g/mol. The fourth-order valence-electron chi connectivity index (χ4n) is 2.41. The molecule has 2 aromatic heterocycles. The molecule has 0 aliphatic heterocycles. The van der Waals surface area contributed by atoms with Gasteiger partial charge in [-0.15, -0.1) is 0 Å². The summed E-state index contributed by atoms with van der Waals surface area (Å²) in [5.74, 6) is -0.0987. The van der Waals surface area contributed by atoms with E-state index in [-0.39, 0.29) is 17.1 Å². The van der Waals surface area contributed by atoms with Crippen LogP contribution in [0.1, 0.15) is 27.2 Å². The van der Waals surface area contributed by atoms with Gasteiger partial charge in [0.2, 0.25) is 0 Å². The van der Waals surface area contributed by atoms with Gasteiger partial charge in [0.05, 0.1) is 12.7 Å². The molecule has 0 unspecified atom stereocenters. The lowest BCUT2D eigenvalue weighted by Crippen LogP contribution is -2.03. The summed E-state index contributed by atoms with van der Waals surface area (Å²) in [6, 6.07) is 9.49. The van der Waals surface area contributed by atoms with Crippen LogP contribution in [0.15, 0.2) is 59.3 Å². The number of benzene rings is 1. The van der Waals surface area contributed by atoms with Gasteiger partial charge in [-0.05, 0) is 42.0 Å². The first-order chi connectivity index (χ1) is 12.9. The quantitative estimate of drug-likeness (QED) is 0.581. The number of carbonyl (C=O) groups is 1. The Hall–Kier alpha value is -3.35. The van der Waals surface area contributed by atoms with Crippen LogP contribution in [-0.2, 0) is 10.9 Å². The van der Waals surface area contributed by atoms with Crippen LogP contribution in [0.25, 0.3) is 23.5 Å². The molecule has 0 saturated carbocycles. The fourth-order valence-corrected chi connectivity index (χ4v) is 2.41. The molecule has 3 rings (SSSR count). The van der Waals surface area contributed by atoms with E-state index in [2.05, 4.69) is 4.98 Å². The molecular formula is C20H14F3NO3. The summed E-state index contributed by atoms with van der Waals surface area (Å²) >= 11 is 0. The molecule has 0 atom stereocenters. The summed E-state index contributed by atoms with van der Waals surface area (Å²) in [6.07, 6.45) is 2.14. The predicted octanol–water partition coefficient (Wildman–Crippen LogP) is 5.32. The molecule has 0 radical (unpaired) electrons. The maximum atomic E-state index is 12.7. The first kappa shape index (κ1) is 18.4. The van der Waals surface area contributed by atoms with Crippen molar-refractivity contribution >= 4 is 18.1 Å². The van der Waals surface area contributed by atoms with Crippen molar-refractivity contribution in [2.75, 3.05) is 7.11 Å². The number of alkyl halides is 3. The van der Waals surface area contributed by atoms with Crippen molar-refractivity contribution in [1.29, 1.82) is 0 Å². The fraction of sp³-hybridized carbons (Fsp3) is 0.100. The maximum Gasteiger partial charge on any atom is 0.416 e. The molecule has 0 N–H and O–H groups in total. The second-order valence-electron chi connectivity index (χ2n) is 5.57. The minimum absolute atomic E-state index is 0.178. The zero-order valence-electron chi connectivity index (χ0n) is 14.2. The van der Waals surface area contributed by atoms with Gasteiger partial charge >= 0.3 is 12.1 Å².